The third-order valence-corrected chi connectivity index (χ3v) is 2.49. The maximum absolute atomic E-state index is 9.39. The second-order valence-corrected chi connectivity index (χ2v) is 4.22. The third kappa shape index (κ3) is 4.56. The van der Waals surface area contributed by atoms with Crippen LogP contribution in [0.25, 0.3) is 11.4 Å². The van der Waals surface area contributed by atoms with Crippen molar-refractivity contribution in [1.29, 1.82) is 0 Å². The number of imidazole rings is 1. The van der Waals surface area contributed by atoms with Gasteiger partial charge >= 0.3 is 0 Å². The zero-order valence-corrected chi connectivity index (χ0v) is 11.0. The van der Waals surface area contributed by atoms with Gasteiger partial charge in [-0.2, -0.15) is 0 Å². The first-order chi connectivity index (χ1) is 9.08. The Balaban J connectivity index is 0.000000550. The lowest BCUT2D eigenvalue weighted by Gasteiger charge is -2.09. The molecule has 0 fully saturated rings. The van der Waals surface area contributed by atoms with Crippen molar-refractivity contribution < 1.29 is 15.0 Å². The SMILES string of the molecule is Cc1ccc(-c2nccn2C[C@@H](C)O)cc1.O=CO. The van der Waals surface area contributed by atoms with E-state index in [1.807, 2.05) is 10.8 Å². The fraction of sp³-hybridized carbons (Fsp3) is 0.286. The van der Waals surface area contributed by atoms with Crippen LogP contribution in [0, 0.1) is 6.92 Å². The Morgan fingerprint density at radius 3 is 2.47 bits per heavy atom. The van der Waals surface area contributed by atoms with Gasteiger partial charge in [-0.25, -0.2) is 4.98 Å². The minimum absolute atomic E-state index is 0.250. The van der Waals surface area contributed by atoms with Crippen molar-refractivity contribution in [3.05, 3.63) is 42.2 Å². The van der Waals surface area contributed by atoms with Gasteiger partial charge in [0.25, 0.3) is 6.47 Å². The summed E-state index contributed by atoms with van der Waals surface area (Å²) < 4.78 is 1.97. The summed E-state index contributed by atoms with van der Waals surface area (Å²) in [6.07, 6.45) is 3.29. The number of nitrogens with zero attached hydrogens (tertiary/aromatic N) is 2. The van der Waals surface area contributed by atoms with E-state index in [9.17, 15) is 5.11 Å². The number of aliphatic hydroxyl groups excluding tert-OH is 1. The van der Waals surface area contributed by atoms with Crippen LogP contribution in [-0.2, 0) is 11.3 Å². The van der Waals surface area contributed by atoms with E-state index in [1.165, 1.54) is 5.56 Å². The van der Waals surface area contributed by atoms with E-state index < -0.39 is 0 Å². The van der Waals surface area contributed by atoms with Gasteiger partial charge in [0.15, 0.2) is 0 Å². The van der Waals surface area contributed by atoms with Crippen molar-refractivity contribution in [2.75, 3.05) is 0 Å². The van der Waals surface area contributed by atoms with Gasteiger partial charge in [0.1, 0.15) is 5.82 Å². The molecule has 0 aliphatic carbocycles. The molecule has 0 radical (unpaired) electrons. The molecule has 0 unspecified atom stereocenters. The van der Waals surface area contributed by atoms with Crippen molar-refractivity contribution in [3.63, 3.8) is 0 Å². The third-order valence-electron chi connectivity index (χ3n) is 2.49. The highest BCUT2D eigenvalue weighted by Gasteiger charge is 2.07. The van der Waals surface area contributed by atoms with Crippen LogP contribution in [-0.4, -0.2) is 32.3 Å². The van der Waals surface area contributed by atoms with Crippen molar-refractivity contribution in [1.82, 2.24) is 9.55 Å². The summed E-state index contributed by atoms with van der Waals surface area (Å²) in [5.41, 5.74) is 2.31. The molecule has 0 bridgehead atoms. The Kier molecular flexibility index (Phi) is 5.75. The monoisotopic (exact) mass is 262 g/mol. The number of aromatic nitrogens is 2. The summed E-state index contributed by atoms with van der Waals surface area (Å²) in [6.45, 7) is 4.16. The number of hydrogen-bond donors (Lipinski definition) is 2. The largest absolute Gasteiger partial charge is 0.483 e. The lowest BCUT2D eigenvalue weighted by molar-refractivity contribution is -0.122. The zero-order valence-electron chi connectivity index (χ0n) is 11.0. The Hall–Kier alpha value is -2.14. The molecule has 1 aromatic heterocycles. The molecule has 0 aliphatic heterocycles. The molecule has 19 heavy (non-hydrogen) atoms. The van der Waals surface area contributed by atoms with E-state index in [0.29, 0.717) is 6.54 Å². The lowest BCUT2D eigenvalue weighted by atomic mass is 10.1. The highest BCUT2D eigenvalue weighted by atomic mass is 16.3. The molecule has 5 heteroatoms. The van der Waals surface area contributed by atoms with Gasteiger partial charge in [0.2, 0.25) is 0 Å². The van der Waals surface area contributed by atoms with Gasteiger partial charge in [0.05, 0.1) is 6.10 Å². The van der Waals surface area contributed by atoms with E-state index in [2.05, 4.69) is 36.2 Å². The molecule has 102 valence electrons. The summed E-state index contributed by atoms with van der Waals surface area (Å²) in [6, 6.07) is 8.24. The molecular weight excluding hydrogens is 244 g/mol. The molecule has 2 aromatic rings. The number of hydrogen-bond acceptors (Lipinski definition) is 3. The standard InChI is InChI=1S/C13H16N2O.CH2O2/c1-10-3-5-12(6-4-10)13-14-7-8-15(13)9-11(2)16;2-1-3/h3-8,11,16H,9H2,1-2H3;1H,(H,2,3)/t11-;/m1./s1. The first kappa shape index (κ1) is 14.9. The molecule has 0 spiro atoms. The smallest absolute Gasteiger partial charge is 0.290 e. The van der Waals surface area contributed by atoms with E-state index in [4.69, 9.17) is 9.90 Å². The molecular formula is C14H18N2O3. The fourth-order valence-corrected chi connectivity index (χ4v) is 1.70. The average molecular weight is 262 g/mol. The Bertz CT molecular complexity index is 504. The Morgan fingerprint density at radius 2 is 1.95 bits per heavy atom. The quantitative estimate of drug-likeness (QED) is 0.829. The van der Waals surface area contributed by atoms with Gasteiger partial charge in [0, 0.05) is 24.5 Å². The predicted molar refractivity (Wildman–Crippen MR) is 72.8 cm³/mol. The Morgan fingerprint density at radius 1 is 1.37 bits per heavy atom. The average Bonchev–Trinajstić information content (AvgIpc) is 2.78. The minimum Gasteiger partial charge on any atom is -0.483 e. The predicted octanol–water partition coefficient (Wildman–Crippen LogP) is 1.94. The maximum Gasteiger partial charge on any atom is 0.290 e. The van der Waals surface area contributed by atoms with Crippen LogP contribution in [0.3, 0.4) is 0 Å². The van der Waals surface area contributed by atoms with Crippen LogP contribution in [0.2, 0.25) is 0 Å². The number of aliphatic hydroxyl groups is 1. The molecule has 0 saturated heterocycles. The number of carboxylic acid groups (broad SMARTS) is 1. The molecule has 0 aliphatic rings. The second-order valence-electron chi connectivity index (χ2n) is 4.22. The highest BCUT2D eigenvalue weighted by Crippen LogP contribution is 2.18. The van der Waals surface area contributed by atoms with Crippen molar-refractivity contribution in [2.45, 2.75) is 26.5 Å². The van der Waals surface area contributed by atoms with Gasteiger partial charge in [-0.05, 0) is 13.8 Å². The van der Waals surface area contributed by atoms with E-state index in [-0.39, 0.29) is 12.6 Å². The van der Waals surface area contributed by atoms with Crippen molar-refractivity contribution in [3.8, 4) is 11.4 Å². The van der Waals surface area contributed by atoms with E-state index >= 15 is 0 Å². The number of benzene rings is 1. The van der Waals surface area contributed by atoms with Crippen LogP contribution < -0.4 is 0 Å². The molecule has 5 nitrogen and oxygen atoms in total. The van der Waals surface area contributed by atoms with E-state index in [0.717, 1.165) is 11.4 Å². The molecule has 1 aromatic carbocycles. The van der Waals surface area contributed by atoms with Crippen LogP contribution in [0.5, 0.6) is 0 Å². The van der Waals surface area contributed by atoms with Crippen molar-refractivity contribution in [2.24, 2.45) is 0 Å². The summed E-state index contributed by atoms with van der Waals surface area (Å²) in [7, 11) is 0. The first-order valence-electron chi connectivity index (χ1n) is 5.92. The highest BCUT2D eigenvalue weighted by molar-refractivity contribution is 5.55. The zero-order chi connectivity index (χ0) is 14.3. The summed E-state index contributed by atoms with van der Waals surface area (Å²) in [4.78, 5) is 12.7. The molecule has 1 atom stereocenters. The summed E-state index contributed by atoms with van der Waals surface area (Å²) in [5, 5.41) is 16.3. The van der Waals surface area contributed by atoms with Crippen LogP contribution in [0.4, 0.5) is 0 Å². The molecule has 2 N–H and O–H groups in total. The molecule has 1 heterocycles. The molecule has 0 amide bonds. The number of aryl methyl sites for hydroxylation is 1. The van der Waals surface area contributed by atoms with Gasteiger partial charge < -0.3 is 14.8 Å². The normalized spacial score (nSPS) is 11.3. The lowest BCUT2D eigenvalue weighted by Crippen LogP contribution is -2.11. The Labute approximate surface area is 112 Å². The molecule has 0 saturated carbocycles. The topological polar surface area (TPSA) is 75.3 Å². The summed E-state index contributed by atoms with van der Waals surface area (Å²) in [5.74, 6) is 0.904. The van der Waals surface area contributed by atoms with Gasteiger partial charge in [-0.15, -0.1) is 0 Å². The van der Waals surface area contributed by atoms with Crippen LogP contribution >= 0.6 is 0 Å². The van der Waals surface area contributed by atoms with Gasteiger partial charge in [-0.3, -0.25) is 4.79 Å². The van der Waals surface area contributed by atoms with Crippen LogP contribution in [0.1, 0.15) is 12.5 Å². The number of rotatable bonds is 3. The van der Waals surface area contributed by atoms with Gasteiger partial charge in [-0.1, -0.05) is 29.8 Å². The maximum atomic E-state index is 9.39. The van der Waals surface area contributed by atoms with Crippen LogP contribution in [0.15, 0.2) is 36.7 Å². The van der Waals surface area contributed by atoms with E-state index in [1.54, 1.807) is 13.1 Å². The fourth-order valence-electron chi connectivity index (χ4n) is 1.70. The molecule has 2 rings (SSSR count). The van der Waals surface area contributed by atoms with Crippen molar-refractivity contribution >= 4 is 6.47 Å². The number of carbonyl (C=O) groups is 1. The first-order valence-corrected chi connectivity index (χ1v) is 5.92. The second kappa shape index (κ2) is 7.33. The summed E-state index contributed by atoms with van der Waals surface area (Å²) >= 11 is 0. The minimum atomic E-state index is -0.363.